The smallest absolute Gasteiger partial charge is 0.137 e. The molecule has 0 saturated heterocycles. The van der Waals surface area contributed by atoms with Crippen LogP contribution in [0.5, 0.6) is 0 Å². The van der Waals surface area contributed by atoms with Gasteiger partial charge in [0.25, 0.3) is 0 Å². The maximum absolute atomic E-state index is 4.70. The molecule has 2 aromatic heterocycles. The van der Waals surface area contributed by atoms with Gasteiger partial charge in [-0.1, -0.05) is 12.1 Å². The maximum Gasteiger partial charge on any atom is 0.137 e. The fourth-order valence-corrected chi connectivity index (χ4v) is 2.69. The van der Waals surface area contributed by atoms with Crippen molar-refractivity contribution >= 4 is 11.0 Å². The van der Waals surface area contributed by atoms with Gasteiger partial charge in [-0.3, -0.25) is 4.68 Å². The molecule has 0 bridgehead atoms. The van der Waals surface area contributed by atoms with Crippen LogP contribution in [0.3, 0.4) is 0 Å². The summed E-state index contributed by atoms with van der Waals surface area (Å²) in [6.07, 6.45) is 5.36. The molecule has 2 heterocycles. The van der Waals surface area contributed by atoms with E-state index >= 15 is 0 Å². The number of nitrogens with one attached hydrogen (secondary N) is 1. The van der Waals surface area contributed by atoms with E-state index < -0.39 is 0 Å². The normalized spacial score (nSPS) is 12.8. The predicted molar refractivity (Wildman–Crippen MR) is 86.5 cm³/mol. The summed E-state index contributed by atoms with van der Waals surface area (Å²) >= 11 is 0. The lowest BCUT2D eigenvalue weighted by Gasteiger charge is -2.13. The van der Waals surface area contributed by atoms with Gasteiger partial charge in [0.1, 0.15) is 18.5 Å². The molecule has 0 aliphatic heterocycles. The first-order chi connectivity index (χ1) is 10.7. The Hall–Kier alpha value is -2.21. The summed E-state index contributed by atoms with van der Waals surface area (Å²) in [6, 6.07) is 8.65. The standard InChI is InChI=1S/C16H22N6/c1-13(10-22-12-17-11-19-22)18-9-5-8-16-20-14-6-3-4-7-15(14)21(16)2/h3-4,6-7,11-13,18H,5,8-10H2,1-2H3/t13-/m0/s1. The molecule has 0 unspecified atom stereocenters. The molecular weight excluding hydrogens is 276 g/mol. The minimum atomic E-state index is 0.377. The number of para-hydroxylation sites is 2. The fraction of sp³-hybridized carbons (Fsp3) is 0.438. The number of nitrogens with zero attached hydrogens (tertiary/aromatic N) is 5. The monoisotopic (exact) mass is 298 g/mol. The van der Waals surface area contributed by atoms with Crippen molar-refractivity contribution in [2.24, 2.45) is 7.05 Å². The average molecular weight is 298 g/mol. The summed E-state index contributed by atoms with van der Waals surface area (Å²) in [7, 11) is 2.09. The molecule has 0 fully saturated rings. The van der Waals surface area contributed by atoms with Crippen molar-refractivity contribution in [1.82, 2.24) is 29.6 Å². The molecule has 0 aliphatic carbocycles. The van der Waals surface area contributed by atoms with Crippen LogP contribution in [0.4, 0.5) is 0 Å². The number of imidazole rings is 1. The zero-order chi connectivity index (χ0) is 15.4. The van der Waals surface area contributed by atoms with Crippen molar-refractivity contribution in [1.29, 1.82) is 0 Å². The Morgan fingerprint density at radius 3 is 2.91 bits per heavy atom. The highest BCUT2D eigenvalue weighted by molar-refractivity contribution is 5.75. The summed E-state index contributed by atoms with van der Waals surface area (Å²) < 4.78 is 4.04. The number of hydrogen-bond acceptors (Lipinski definition) is 4. The van der Waals surface area contributed by atoms with Crippen LogP contribution in [-0.2, 0) is 20.0 Å². The van der Waals surface area contributed by atoms with Gasteiger partial charge in [0.15, 0.2) is 0 Å². The molecule has 3 rings (SSSR count). The first-order valence-corrected chi connectivity index (χ1v) is 7.70. The molecule has 0 amide bonds. The number of aromatic nitrogens is 5. The van der Waals surface area contributed by atoms with Gasteiger partial charge in [-0.05, 0) is 32.0 Å². The topological polar surface area (TPSA) is 60.6 Å². The molecule has 1 atom stereocenters. The third kappa shape index (κ3) is 3.33. The highest BCUT2D eigenvalue weighted by Gasteiger charge is 2.07. The van der Waals surface area contributed by atoms with Gasteiger partial charge in [0.2, 0.25) is 0 Å². The molecule has 1 aromatic carbocycles. The number of hydrogen-bond donors (Lipinski definition) is 1. The van der Waals surface area contributed by atoms with Crippen LogP contribution in [-0.4, -0.2) is 36.9 Å². The molecule has 1 N–H and O–H groups in total. The predicted octanol–water partition coefficient (Wildman–Crippen LogP) is 1.78. The van der Waals surface area contributed by atoms with Crippen LogP contribution in [0.1, 0.15) is 19.2 Å². The van der Waals surface area contributed by atoms with Crippen LogP contribution in [0.2, 0.25) is 0 Å². The van der Waals surface area contributed by atoms with Crippen LogP contribution < -0.4 is 5.32 Å². The molecule has 6 heteroatoms. The van der Waals surface area contributed by atoms with Crippen LogP contribution in [0, 0.1) is 0 Å². The molecule has 6 nitrogen and oxygen atoms in total. The van der Waals surface area contributed by atoms with Crippen LogP contribution in [0.15, 0.2) is 36.9 Å². The van der Waals surface area contributed by atoms with Crippen molar-refractivity contribution in [2.75, 3.05) is 6.54 Å². The third-order valence-electron chi connectivity index (χ3n) is 3.88. The van der Waals surface area contributed by atoms with Gasteiger partial charge in [0.05, 0.1) is 17.6 Å². The lowest BCUT2D eigenvalue weighted by Crippen LogP contribution is -2.31. The second-order valence-corrected chi connectivity index (χ2v) is 5.65. The van der Waals surface area contributed by atoms with Crippen molar-refractivity contribution in [3.63, 3.8) is 0 Å². The Morgan fingerprint density at radius 2 is 2.14 bits per heavy atom. The Morgan fingerprint density at radius 1 is 1.27 bits per heavy atom. The van der Waals surface area contributed by atoms with Crippen molar-refractivity contribution in [3.8, 4) is 0 Å². The molecule has 22 heavy (non-hydrogen) atoms. The van der Waals surface area contributed by atoms with E-state index in [4.69, 9.17) is 4.98 Å². The second kappa shape index (κ2) is 6.70. The van der Waals surface area contributed by atoms with Crippen LogP contribution >= 0.6 is 0 Å². The highest BCUT2D eigenvalue weighted by atomic mass is 15.3. The summed E-state index contributed by atoms with van der Waals surface area (Å²) in [4.78, 5) is 8.66. The lowest BCUT2D eigenvalue weighted by atomic mass is 10.2. The third-order valence-corrected chi connectivity index (χ3v) is 3.88. The van der Waals surface area contributed by atoms with Gasteiger partial charge in [-0.25, -0.2) is 9.97 Å². The maximum atomic E-state index is 4.70. The summed E-state index contributed by atoms with van der Waals surface area (Å²) in [5.74, 6) is 1.15. The molecule has 0 aliphatic rings. The SMILES string of the molecule is C[C@@H](Cn1cncn1)NCCCc1nc2ccccc2n1C. The second-order valence-electron chi connectivity index (χ2n) is 5.65. The first-order valence-electron chi connectivity index (χ1n) is 7.70. The molecule has 3 aromatic rings. The molecule has 0 spiro atoms. The van der Waals surface area contributed by atoms with E-state index in [-0.39, 0.29) is 0 Å². The quantitative estimate of drug-likeness (QED) is 0.675. The van der Waals surface area contributed by atoms with E-state index in [1.54, 1.807) is 12.7 Å². The Kier molecular flexibility index (Phi) is 4.48. The van der Waals surface area contributed by atoms with E-state index in [9.17, 15) is 0 Å². The molecule has 0 radical (unpaired) electrons. The van der Waals surface area contributed by atoms with Gasteiger partial charge >= 0.3 is 0 Å². The lowest BCUT2D eigenvalue weighted by molar-refractivity contribution is 0.446. The van der Waals surface area contributed by atoms with Crippen LogP contribution in [0.25, 0.3) is 11.0 Å². The summed E-state index contributed by atoms with van der Waals surface area (Å²) in [5, 5.41) is 7.64. The first kappa shape index (κ1) is 14.7. The van der Waals surface area contributed by atoms with E-state index in [0.717, 1.165) is 37.3 Å². The highest BCUT2D eigenvalue weighted by Crippen LogP contribution is 2.14. The van der Waals surface area contributed by atoms with E-state index in [2.05, 4.69) is 52.1 Å². The number of rotatable bonds is 7. The number of aryl methyl sites for hydroxylation is 2. The number of fused-ring (bicyclic) bond motifs is 1. The fourth-order valence-electron chi connectivity index (χ4n) is 2.69. The average Bonchev–Trinajstić information content (AvgIpc) is 3.13. The summed E-state index contributed by atoms with van der Waals surface area (Å²) in [5.41, 5.74) is 2.28. The van der Waals surface area contributed by atoms with Crippen molar-refractivity contribution in [3.05, 3.63) is 42.7 Å². The molecular formula is C16H22N6. The zero-order valence-electron chi connectivity index (χ0n) is 13.1. The minimum Gasteiger partial charge on any atom is -0.331 e. The summed E-state index contributed by atoms with van der Waals surface area (Å²) in [6.45, 7) is 3.97. The van der Waals surface area contributed by atoms with Crippen molar-refractivity contribution in [2.45, 2.75) is 32.4 Å². The number of benzene rings is 1. The van der Waals surface area contributed by atoms with E-state index in [0.29, 0.717) is 6.04 Å². The molecule has 116 valence electrons. The van der Waals surface area contributed by atoms with Gasteiger partial charge in [-0.15, -0.1) is 0 Å². The van der Waals surface area contributed by atoms with Gasteiger partial charge in [0, 0.05) is 19.5 Å². The van der Waals surface area contributed by atoms with Gasteiger partial charge in [-0.2, -0.15) is 5.10 Å². The Balaban J connectivity index is 1.47. The van der Waals surface area contributed by atoms with E-state index in [1.807, 2.05) is 10.7 Å². The largest absolute Gasteiger partial charge is 0.331 e. The Labute approximate surface area is 130 Å². The molecule has 0 saturated carbocycles. The minimum absolute atomic E-state index is 0.377. The van der Waals surface area contributed by atoms with Gasteiger partial charge < -0.3 is 9.88 Å². The zero-order valence-corrected chi connectivity index (χ0v) is 13.1. The Bertz CT molecular complexity index is 715. The van der Waals surface area contributed by atoms with Crippen molar-refractivity contribution < 1.29 is 0 Å². The van der Waals surface area contributed by atoms with E-state index in [1.165, 1.54) is 5.52 Å².